The number of hydrogen-bond donors (Lipinski definition) is 1. The second kappa shape index (κ2) is 7.00. The van der Waals surface area contributed by atoms with E-state index >= 15 is 0 Å². The Morgan fingerprint density at radius 3 is 2.68 bits per heavy atom. The number of aliphatic hydroxyl groups excluding tert-OH is 1. The number of likely N-dealkylation sites (N-methyl/N-ethyl adjacent to an activating group) is 1. The highest BCUT2D eigenvalue weighted by atomic mass is 16.3. The molecule has 0 radical (unpaired) electrons. The van der Waals surface area contributed by atoms with Gasteiger partial charge >= 0.3 is 0 Å². The number of anilines is 2. The van der Waals surface area contributed by atoms with E-state index in [2.05, 4.69) is 57.1 Å². The molecule has 1 N–H and O–H groups in total. The van der Waals surface area contributed by atoms with Gasteiger partial charge in [0.15, 0.2) is 0 Å². The first-order valence-corrected chi connectivity index (χ1v) is 9.22. The van der Waals surface area contributed by atoms with Crippen LogP contribution in [0.15, 0.2) is 36.7 Å². The van der Waals surface area contributed by atoms with Crippen molar-refractivity contribution in [2.45, 2.75) is 31.7 Å². The zero-order valence-corrected chi connectivity index (χ0v) is 14.8. The van der Waals surface area contributed by atoms with Crippen LogP contribution in [0.1, 0.15) is 24.0 Å². The SMILES string of the molecule is CN(c1cc(N2CCC[C@H](CO)C2)ncn1)C1Cc2ccccc2C1. The normalized spacial score (nSPS) is 20.6. The molecule has 1 fully saturated rings. The van der Waals surface area contributed by atoms with Gasteiger partial charge in [0.25, 0.3) is 0 Å². The highest BCUT2D eigenvalue weighted by molar-refractivity contribution is 5.52. The Balaban J connectivity index is 1.50. The van der Waals surface area contributed by atoms with Gasteiger partial charge in [-0.1, -0.05) is 24.3 Å². The number of aromatic nitrogens is 2. The van der Waals surface area contributed by atoms with Gasteiger partial charge in [0.1, 0.15) is 18.0 Å². The van der Waals surface area contributed by atoms with Crippen molar-refractivity contribution in [3.05, 3.63) is 47.8 Å². The largest absolute Gasteiger partial charge is 0.396 e. The zero-order chi connectivity index (χ0) is 17.2. The number of aliphatic hydroxyl groups is 1. The van der Waals surface area contributed by atoms with Crippen LogP contribution in [-0.4, -0.2) is 47.9 Å². The minimum Gasteiger partial charge on any atom is -0.396 e. The molecule has 1 saturated heterocycles. The number of hydrogen-bond acceptors (Lipinski definition) is 5. The van der Waals surface area contributed by atoms with Crippen LogP contribution in [-0.2, 0) is 12.8 Å². The Bertz CT molecular complexity index is 710. The first kappa shape index (κ1) is 16.3. The van der Waals surface area contributed by atoms with Gasteiger partial charge in [0.05, 0.1) is 0 Å². The molecule has 1 atom stereocenters. The topological polar surface area (TPSA) is 52.5 Å². The summed E-state index contributed by atoms with van der Waals surface area (Å²) in [5.41, 5.74) is 2.91. The number of rotatable bonds is 4. The molecular weight excluding hydrogens is 312 g/mol. The maximum absolute atomic E-state index is 9.46. The number of piperidine rings is 1. The average Bonchev–Trinajstić information content (AvgIpc) is 3.12. The molecule has 1 aromatic heterocycles. The molecule has 132 valence electrons. The minimum absolute atomic E-state index is 0.259. The van der Waals surface area contributed by atoms with Crippen molar-refractivity contribution in [1.82, 2.24) is 9.97 Å². The van der Waals surface area contributed by atoms with Gasteiger partial charge in [-0.05, 0) is 42.7 Å². The Morgan fingerprint density at radius 1 is 1.20 bits per heavy atom. The van der Waals surface area contributed by atoms with Gasteiger partial charge in [-0.3, -0.25) is 0 Å². The summed E-state index contributed by atoms with van der Waals surface area (Å²) in [6.07, 6.45) is 6.03. The van der Waals surface area contributed by atoms with Crippen molar-refractivity contribution in [3.63, 3.8) is 0 Å². The van der Waals surface area contributed by atoms with Gasteiger partial charge < -0.3 is 14.9 Å². The lowest BCUT2D eigenvalue weighted by Crippen LogP contribution is -2.38. The molecule has 1 aliphatic heterocycles. The molecule has 0 spiro atoms. The van der Waals surface area contributed by atoms with E-state index in [4.69, 9.17) is 0 Å². The Kier molecular flexibility index (Phi) is 4.57. The zero-order valence-electron chi connectivity index (χ0n) is 14.8. The molecule has 0 bridgehead atoms. The van der Waals surface area contributed by atoms with Crippen LogP contribution >= 0.6 is 0 Å². The van der Waals surface area contributed by atoms with Gasteiger partial charge in [-0.25, -0.2) is 9.97 Å². The van der Waals surface area contributed by atoms with Crippen molar-refractivity contribution in [2.24, 2.45) is 5.92 Å². The van der Waals surface area contributed by atoms with Crippen LogP contribution in [0.3, 0.4) is 0 Å². The maximum atomic E-state index is 9.46. The van der Waals surface area contributed by atoms with Crippen molar-refractivity contribution in [1.29, 1.82) is 0 Å². The summed E-state index contributed by atoms with van der Waals surface area (Å²) in [5.74, 6) is 2.31. The van der Waals surface area contributed by atoms with E-state index in [1.165, 1.54) is 11.1 Å². The molecule has 1 aromatic carbocycles. The molecule has 2 heterocycles. The van der Waals surface area contributed by atoms with Crippen molar-refractivity contribution >= 4 is 11.6 Å². The Hall–Kier alpha value is -2.14. The summed E-state index contributed by atoms with van der Waals surface area (Å²) >= 11 is 0. The van der Waals surface area contributed by atoms with E-state index in [-0.39, 0.29) is 6.61 Å². The lowest BCUT2D eigenvalue weighted by molar-refractivity contribution is 0.208. The molecule has 25 heavy (non-hydrogen) atoms. The molecular formula is C20H26N4O. The highest BCUT2D eigenvalue weighted by Crippen LogP contribution is 2.29. The van der Waals surface area contributed by atoms with Crippen LogP contribution in [0.4, 0.5) is 11.6 Å². The molecule has 5 heteroatoms. The summed E-state index contributed by atoms with van der Waals surface area (Å²) in [6, 6.07) is 11.3. The van der Waals surface area contributed by atoms with E-state index in [9.17, 15) is 5.11 Å². The standard InChI is InChI=1S/C20H26N4O/c1-23(18-9-16-6-2-3-7-17(16)10-18)19-11-20(22-14-21-19)24-8-4-5-15(12-24)13-25/h2-3,6-7,11,14-15,18,25H,4-5,8-10,12-13H2,1H3/t15-/m0/s1. The molecule has 5 nitrogen and oxygen atoms in total. The van der Waals surface area contributed by atoms with E-state index in [0.29, 0.717) is 12.0 Å². The quantitative estimate of drug-likeness (QED) is 0.927. The van der Waals surface area contributed by atoms with Gasteiger partial charge in [-0.2, -0.15) is 0 Å². The molecule has 1 aliphatic carbocycles. The molecule has 2 aliphatic rings. The fourth-order valence-corrected chi connectivity index (χ4v) is 4.12. The summed E-state index contributed by atoms with van der Waals surface area (Å²) in [7, 11) is 2.13. The van der Waals surface area contributed by atoms with Crippen LogP contribution in [0, 0.1) is 5.92 Å². The minimum atomic E-state index is 0.259. The predicted octanol–water partition coefficient (Wildman–Crippen LogP) is 2.29. The predicted molar refractivity (Wildman–Crippen MR) is 100 cm³/mol. The van der Waals surface area contributed by atoms with Crippen LogP contribution < -0.4 is 9.80 Å². The van der Waals surface area contributed by atoms with Crippen molar-refractivity contribution in [2.75, 3.05) is 36.5 Å². The van der Waals surface area contributed by atoms with Crippen molar-refractivity contribution in [3.8, 4) is 0 Å². The summed E-state index contributed by atoms with van der Waals surface area (Å²) in [4.78, 5) is 13.6. The van der Waals surface area contributed by atoms with Crippen molar-refractivity contribution < 1.29 is 5.11 Å². The van der Waals surface area contributed by atoms with E-state index < -0.39 is 0 Å². The van der Waals surface area contributed by atoms with E-state index in [0.717, 1.165) is 50.4 Å². The summed E-state index contributed by atoms with van der Waals surface area (Å²) in [6.45, 7) is 2.14. The second-order valence-corrected chi connectivity index (χ2v) is 7.31. The van der Waals surface area contributed by atoms with Gasteiger partial charge in [0.2, 0.25) is 0 Å². The Morgan fingerprint density at radius 2 is 1.96 bits per heavy atom. The fourth-order valence-electron chi connectivity index (χ4n) is 4.12. The monoisotopic (exact) mass is 338 g/mol. The van der Waals surface area contributed by atoms with Crippen LogP contribution in [0.25, 0.3) is 0 Å². The molecule has 0 unspecified atom stereocenters. The third-order valence-electron chi connectivity index (χ3n) is 5.68. The maximum Gasteiger partial charge on any atom is 0.134 e. The lowest BCUT2D eigenvalue weighted by Gasteiger charge is -2.33. The van der Waals surface area contributed by atoms with E-state index in [1.807, 2.05) is 0 Å². The Labute approximate surface area is 149 Å². The average molecular weight is 338 g/mol. The summed E-state index contributed by atoms with van der Waals surface area (Å²) < 4.78 is 0. The number of benzene rings is 1. The molecule has 0 saturated carbocycles. The molecule has 4 rings (SSSR count). The van der Waals surface area contributed by atoms with Crippen LogP contribution in [0.2, 0.25) is 0 Å². The first-order chi connectivity index (χ1) is 12.2. The fraction of sp³-hybridized carbons (Fsp3) is 0.500. The summed E-state index contributed by atoms with van der Waals surface area (Å²) in [5, 5.41) is 9.46. The van der Waals surface area contributed by atoms with Crippen LogP contribution in [0.5, 0.6) is 0 Å². The molecule has 2 aromatic rings. The van der Waals surface area contributed by atoms with E-state index in [1.54, 1.807) is 6.33 Å². The first-order valence-electron chi connectivity index (χ1n) is 9.22. The second-order valence-electron chi connectivity index (χ2n) is 7.31. The van der Waals surface area contributed by atoms with Gasteiger partial charge in [-0.15, -0.1) is 0 Å². The third kappa shape index (κ3) is 3.33. The lowest BCUT2D eigenvalue weighted by atomic mass is 9.99. The number of fused-ring (bicyclic) bond motifs is 1. The van der Waals surface area contributed by atoms with Gasteiger partial charge in [0, 0.05) is 38.9 Å². The smallest absolute Gasteiger partial charge is 0.134 e. The highest BCUT2D eigenvalue weighted by Gasteiger charge is 2.26. The number of nitrogens with zero attached hydrogens (tertiary/aromatic N) is 4. The molecule has 0 amide bonds. The third-order valence-corrected chi connectivity index (χ3v) is 5.68.